The zero-order valence-corrected chi connectivity index (χ0v) is 11.8. The van der Waals surface area contributed by atoms with Gasteiger partial charge in [0.05, 0.1) is 5.56 Å². The van der Waals surface area contributed by atoms with Crippen molar-refractivity contribution in [2.45, 2.75) is 6.18 Å². The number of imidazole rings is 1. The van der Waals surface area contributed by atoms with Gasteiger partial charge in [-0.05, 0) is 18.2 Å². The van der Waals surface area contributed by atoms with Crippen molar-refractivity contribution < 1.29 is 18.0 Å². The Morgan fingerprint density at radius 2 is 2.05 bits per heavy atom. The van der Waals surface area contributed by atoms with Crippen LogP contribution in [0.2, 0.25) is 0 Å². The number of aromatic nitrogens is 2. The minimum Gasteiger partial charge on any atom is -0.354 e. The molecule has 0 bridgehead atoms. The molecule has 106 valence electrons. The molecular weight excluding hydrogens is 339 g/mol. The molecule has 1 aromatic heterocycles. The van der Waals surface area contributed by atoms with Crippen LogP contribution in [0.1, 0.15) is 16.1 Å². The predicted molar refractivity (Wildman–Crippen MR) is 69.7 cm³/mol. The Morgan fingerprint density at radius 1 is 1.35 bits per heavy atom. The van der Waals surface area contributed by atoms with E-state index in [0.717, 1.165) is 12.1 Å². The van der Waals surface area contributed by atoms with E-state index in [9.17, 15) is 18.0 Å². The zero-order valence-electron chi connectivity index (χ0n) is 10.2. The van der Waals surface area contributed by atoms with Gasteiger partial charge in [0.25, 0.3) is 5.91 Å². The topological polar surface area (TPSA) is 46.9 Å². The van der Waals surface area contributed by atoms with E-state index >= 15 is 0 Å². The SMILES string of the molecule is CNC(=O)c1cn(-c2cc(Br)cc(C(F)(F)F)c2)cn1. The van der Waals surface area contributed by atoms with Crippen LogP contribution < -0.4 is 5.32 Å². The third kappa shape index (κ3) is 3.01. The van der Waals surface area contributed by atoms with E-state index in [0.29, 0.717) is 0 Å². The molecule has 0 aliphatic carbocycles. The Kier molecular flexibility index (Phi) is 3.85. The van der Waals surface area contributed by atoms with E-state index in [2.05, 4.69) is 26.2 Å². The van der Waals surface area contributed by atoms with E-state index in [1.807, 2.05) is 0 Å². The zero-order chi connectivity index (χ0) is 14.9. The quantitative estimate of drug-likeness (QED) is 0.907. The number of amides is 1. The monoisotopic (exact) mass is 347 g/mol. The van der Waals surface area contributed by atoms with Crippen LogP contribution in [0.3, 0.4) is 0 Å². The fourth-order valence-electron chi connectivity index (χ4n) is 1.60. The van der Waals surface area contributed by atoms with Gasteiger partial charge in [0.15, 0.2) is 0 Å². The van der Waals surface area contributed by atoms with Crippen LogP contribution in [0, 0.1) is 0 Å². The molecule has 2 aromatic rings. The minimum absolute atomic E-state index is 0.126. The Balaban J connectivity index is 2.45. The molecule has 0 spiro atoms. The first-order valence-electron chi connectivity index (χ1n) is 5.45. The van der Waals surface area contributed by atoms with E-state index in [4.69, 9.17) is 0 Å². The van der Waals surface area contributed by atoms with Crippen molar-refractivity contribution in [3.05, 3.63) is 46.5 Å². The Morgan fingerprint density at radius 3 is 2.65 bits per heavy atom. The third-order valence-corrected chi connectivity index (χ3v) is 3.01. The summed E-state index contributed by atoms with van der Waals surface area (Å²) in [6.45, 7) is 0. The van der Waals surface area contributed by atoms with Gasteiger partial charge in [0.2, 0.25) is 0 Å². The van der Waals surface area contributed by atoms with Gasteiger partial charge >= 0.3 is 6.18 Å². The maximum Gasteiger partial charge on any atom is 0.416 e. The Hall–Kier alpha value is -1.83. The number of rotatable bonds is 2. The molecule has 0 radical (unpaired) electrons. The van der Waals surface area contributed by atoms with Gasteiger partial charge in [0, 0.05) is 23.4 Å². The summed E-state index contributed by atoms with van der Waals surface area (Å²) < 4.78 is 39.9. The van der Waals surface area contributed by atoms with E-state index < -0.39 is 17.6 Å². The molecule has 1 heterocycles. The number of halogens is 4. The first-order valence-corrected chi connectivity index (χ1v) is 6.25. The van der Waals surface area contributed by atoms with Crippen molar-refractivity contribution >= 4 is 21.8 Å². The van der Waals surface area contributed by atoms with Gasteiger partial charge in [-0.3, -0.25) is 4.79 Å². The maximum atomic E-state index is 12.7. The van der Waals surface area contributed by atoms with Crippen LogP contribution in [-0.4, -0.2) is 22.5 Å². The molecule has 0 atom stereocenters. The van der Waals surface area contributed by atoms with Crippen LogP contribution in [0.15, 0.2) is 35.2 Å². The van der Waals surface area contributed by atoms with Crippen LogP contribution in [-0.2, 0) is 6.18 Å². The molecule has 2 rings (SSSR count). The lowest BCUT2D eigenvalue weighted by Crippen LogP contribution is -2.18. The van der Waals surface area contributed by atoms with Crippen LogP contribution >= 0.6 is 15.9 Å². The molecule has 0 aliphatic heterocycles. The van der Waals surface area contributed by atoms with Crippen molar-refractivity contribution in [2.75, 3.05) is 7.05 Å². The Labute approximate surface area is 120 Å². The van der Waals surface area contributed by atoms with E-state index in [-0.39, 0.29) is 15.9 Å². The maximum absolute atomic E-state index is 12.7. The molecule has 4 nitrogen and oxygen atoms in total. The van der Waals surface area contributed by atoms with Crippen molar-refractivity contribution in [3.8, 4) is 5.69 Å². The minimum atomic E-state index is -4.44. The largest absolute Gasteiger partial charge is 0.416 e. The number of carbonyl (C=O) groups excluding carboxylic acids is 1. The number of hydrogen-bond acceptors (Lipinski definition) is 2. The van der Waals surface area contributed by atoms with Gasteiger partial charge in [-0.1, -0.05) is 15.9 Å². The van der Waals surface area contributed by atoms with Gasteiger partial charge in [0.1, 0.15) is 12.0 Å². The number of nitrogens with one attached hydrogen (secondary N) is 1. The molecule has 8 heteroatoms. The van der Waals surface area contributed by atoms with Gasteiger partial charge in [-0.25, -0.2) is 4.98 Å². The fraction of sp³-hybridized carbons (Fsp3) is 0.167. The molecule has 0 aliphatic rings. The number of hydrogen-bond donors (Lipinski definition) is 1. The molecule has 1 N–H and O–H groups in total. The van der Waals surface area contributed by atoms with Gasteiger partial charge < -0.3 is 9.88 Å². The molecule has 20 heavy (non-hydrogen) atoms. The summed E-state index contributed by atoms with van der Waals surface area (Å²) >= 11 is 3.04. The summed E-state index contributed by atoms with van der Waals surface area (Å²) in [6.07, 6.45) is -1.80. The number of alkyl halides is 3. The molecule has 1 amide bonds. The summed E-state index contributed by atoms with van der Waals surface area (Å²) in [6, 6.07) is 3.48. The number of benzene rings is 1. The average Bonchev–Trinajstić information content (AvgIpc) is 2.85. The third-order valence-electron chi connectivity index (χ3n) is 2.55. The second kappa shape index (κ2) is 5.28. The van der Waals surface area contributed by atoms with Crippen molar-refractivity contribution in [1.82, 2.24) is 14.9 Å². The highest BCUT2D eigenvalue weighted by atomic mass is 79.9. The first-order chi connectivity index (χ1) is 9.31. The van der Waals surface area contributed by atoms with Gasteiger partial charge in [-0.2, -0.15) is 13.2 Å². The molecular formula is C12H9BrF3N3O. The summed E-state index contributed by atoms with van der Waals surface area (Å²) in [7, 11) is 1.45. The second-order valence-corrected chi connectivity index (χ2v) is 4.86. The average molecular weight is 348 g/mol. The molecule has 0 saturated heterocycles. The summed E-state index contributed by atoms with van der Waals surface area (Å²) in [4.78, 5) is 15.2. The Bertz CT molecular complexity index is 652. The normalized spacial score (nSPS) is 11.4. The lowest BCUT2D eigenvalue weighted by atomic mass is 10.2. The highest BCUT2D eigenvalue weighted by molar-refractivity contribution is 9.10. The fourth-order valence-corrected chi connectivity index (χ4v) is 2.08. The molecule has 0 saturated carbocycles. The summed E-state index contributed by atoms with van der Waals surface area (Å²) in [5.41, 5.74) is -0.396. The van der Waals surface area contributed by atoms with Crippen LogP contribution in [0.5, 0.6) is 0 Å². The molecule has 0 unspecified atom stereocenters. The van der Waals surface area contributed by atoms with Crippen LogP contribution in [0.25, 0.3) is 5.69 Å². The smallest absolute Gasteiger partial charge is 0.354 e. The summed E-state index contributed by atoms with van der Waals surface area (Å²) in [5.74, 6) is -0.408. The lowest BCUT2D eigenvalue weighted by molar-refractivity contribution is -0.137. The number of carbonyl (C=O) groups is 1. The van der Waals surface area contributed by atoms with Crippen molar-refractivity contribution in [1.29, 1.82) is 0 Å². The molecule has 1 aromatic carbocycles. The van der Waals surface area contributed by atoms with Crippen molar-refractivity contribution in [2.24, 2.45) is 0 Å². The first kappa shape index (κ1) is 14.6. The lowest BCUT2D eigenvalue weighted by Gasteiger charge is -2.10. The summed E-state index contributed by atoms with van der Waals surface area (Å²) in [5, 5.41) is 2.39. The van der Waals surface area contributed by atoms with E-state index in [1.54, 1.807) is 0 Å². The van der Waals surface area contributed by atoms with Crippen molar-refractivity contribution in [3.63, 3.8) is 0 Å². The van der Waals surface area contributed by atoms with E-state index in [1.165, 1.54) is 30.2 Å². The highest BCUT2D eigenvalue weighted by Gasteiger charge is 2.31. The predicted octanol–water partition coefficient (Wildman–Crippen LogP) is 3.01. The highest BCUT2D eigenvalue weighted by Crippen LogP contribution is 2.32. The molecule has 0 fully saturated rings. The van der Waals surface area contributed by atoms with Crippen LogP contribution in [0.4, 0.5) is 13.2 Å². The standard InChI is InChI=1S/C12H9BrF3N3O/c1-17-11(20)10-5-19(6-18-10)9-3-7(12(14,15)16)2-8(13)4-9/h2-6H,1H3,(H,17,20). The number of nitrogens with zero attached hydrogens (tertiary/aromatic N) is 2. The van der Waals surface area contributed by atoms with Gasteiger partial charge in [-0.15, -0.1) is 0 Å². The second-order valence-electron chi connectivity index (χ2n) is 3.94.